The predicted molar refractivity (Wildman–Crippen MR) is 71.2 cm³/mol. The maximum Gasteiger partial charge on any atom is 0.292 e. The molecule has 0 aromatic heterocycles. The third-order valence-corrected chi connectivity index (χ3v) is 3.25. The highest BCUT2D eigenvalue weighted by atomic mass is 16.6. The molecule has 1 aliphatic carbocycles. The Morgan fingerprint density at radius 3 is 2.78 bits per heavy atom. The van der Waals surface area contributed by atoms with Crippen LogP contribution in [0.5, 0.6) is 0 Å². The number of nitro groups is 1. The zero-order chi connectivity index (χ0) is 13.1. The topological polar surface area (TPSA) is 72.4 Å². The highest BCUT2D eigenvalue weighted by Crippen LogP contribution is 2.30. The van der Waals surface area contributed by atoms with E-state index in [9.17, 15) is 10.1 Å². The molecule has 0 saturated heterocycles. The molecule has 18 heavy (non-hydrogen) atoms. The van der Waals surface area contributed by atoms with Gasteiger partial charge in [-0.05, 0) is 37.4 Å². The summed E-state index contributed by atoms with van der Waals surface area (Å²) < 4.78 is 0. The van der Waals surface area contributed by atoms with Crippen LogP contribution in [0, 0.1) is 10.1 Å². The lowest BCUT2D eigenvalue weighted by atomic mass is 10.1. The largest absolute Gasteiger partial charge is 0.393 e. The summed E-state index contributed by atoms with van der Waals surface area (Å²) in [7, 11) is 0. The molecule has 5 heteroatoms. The fourth-order valence-electron chi connectivity index (χ4n) is 2.20. The second kappa shape index (κ2) is 5.35. The SMILES string of the molecule is CCCN(Cc1ccc(N)c([N+](=O)[O-])c1)C1CC1. The van der Waals surface area contributed by atoms with Gasteiger partial charge in [0.15, 0.2) is 0 Å². The Labute approximate surface area is 107 Å². The van der Waals surface area contributed by atoms with Gasteiger partial charge in [-0.15, -0.1) is 0 Å². The summed E-state index contributed by atoms with van der Waals surface area (Å²) >= 11 is 0. The number of hydrogen-bond acceptors (Lipinski definition) is 4. The van der Waals surface area contributed by atoms with Gasteiger partial charge in [-0.25, -0.2) is 0 Å². The minimum absolute atomic E-state index is 0.0137. The van der Waals surface area contributed by atoms with Crippen molar-refractivity contribution in [1.82, 2.24) is 4.90 Å². The highest BCUT2D eigenvalue weighted by Gasteiger charge is 2.28. The van der Waals surface area contributed by atoms with Crippen molar-refractivity contribution < 1.29 is 4.92 Å². The van der Waals surface area contributed by atoms with Crippen molar-refractivity contribution in [2.24, 2.45) is 0 Å². The van der Waals surface area contributed by atoms with Crippen molar-refractivity contribution in [3.63, 3.8) is 0 Å². The maximum absolute atomic E-state index is 10.8. The molecule has 0 bridgehead atoms. The van der Waals surface area contributed by atoms with Gasteiger partial charge in [0.2, 0.25) is 0 Å². The van der Waals surface area contributed by atoms with Gasteiger partial charge in [0.05, 0.1) is 4.92 Å². The number of hydrogen-bond donors (Lipinski definition) is 1. The molecule has 2 N–H and O–H groups in total. The van der Waals surface area contributed by atoms with E-state index in [4.69, 9.17) is 5.73 Å². The Morgan fingerprint density at radius 1 is 1.50 bits per heavy atom. The number of nitro benzene ring substituents is 1. The van der Waals surface area contributed by atoms with Crippen LogP contribution in [0.4, 0.5) is 11.4 Å². The van der Waals surface area contributed by atoms with E-state index in [0.29, 0.717) is 6.04 Å². The molecular formula is C13H19N3O2. The van der Waals surface area contributed by atoms with Crippen LogP contribution in [0.1, 0.15) is 31.7 Å². The predicted octanol–water partition coefficient (Wildman–Crippen LogP) is 2.55. The van der Waals surface area contributed by atoms with Crippen LogP contribution in [0.3, 0.4) is 0 Å². The minimum atomic E-state index is -0.417. The fourth-order valence-corrected chi connectivity index (χ4v) is 2.20. The maximum atomic E-state index is 10.8. The van der Waals surface area contributed by atoms with E-state index in [1.807, 2.05) is 6.07 Å². The number of anilines is 1. The molecule has 2 rings (SSSR count). The molecule has 0 radical (unpaired) electrons. The van der Waals surface area contributed by atoms with Crippen LogP contribution in [-0.4, -0.2) is 22.4 Å². The molecule has 1 saturated carbocycles. The van der Waals surface area contributed by atoms with Gasteiger partial charge < -0.3 is 5.73 Å². The van der Waals surface area contributed by atoms with E-state index in [1.54, 1.807) is 12.1 Å². The molecular weight excluding hydrogens is 230 g/mol. The van der Waals surface area contributed by atoms with Gasteiger partial charge in [-0.1, -0.05) is 13.0 Å². The lowest BCUT2D eigenvalue weighted by Gasteiger charge is -2.21. The number of benzene rings is 1. The zero-order valence-electron chi connectivity index (χ0n) is 10.6. The summed E-state index contributed by atoms with van der Waals surface area (Å²) in [5, 5.41) is 10.8. The standard InChI is InChI=1S/C13H19N3O2/c1-2-7-15(11-4-5-11)9-10-3-6-12(14)13(8-10)16(17)18/h3,6,8,11H,2,4-5,7,9,14H2,1H3. The van der Waals surface area contributed by atoms with Gasteiger partial charge in [0.1, 0.15) is 5.69 Å². The number of nitrogen functional groups attached to an aromatic ring is 1. The third kappa shape index (κ3) is 2.98. The van der Waals surface area contributed by atoms with Crippen molar-refractivity contribution in [1.29, 1.82) is 0 Å². The van der Waals surface area contributed by atoms with E-state index < -0.39 is 4.92 Å². The Morgan fingerprint density at radius 2 is 2.22 bits per heavy atom. The smallest absolute Gasteiger partial charge is 0.292 e. The van der Waals surface area contributed by atoms with Gasteiger partial charge >= 0.3 is 0 Å². The molecule has 98 valence electrons. The monoisotopic (exact) mass is 249 g/mol. The second-order valence-electron chi connectivity index (χ2n) is 4.85. The first-order valence-corrected chi connectivity index (χ1v) is 6.38. The van der Waals surface area contributed by atoms with Crippen LogP contribution in [-0.2, 0) is 6.54 Å². The van der Waals surface area contributed by atoms with Crippen LogP contribution >= 0.6 is 0 Å². The van der Waals surface area contributed by atoms with Gasteiger partial charge in [0, 0.05) is 18.7 Å². The van der Waals surface area contributed by atoms with Crippen molar-refractivity contribution in [2.45, 2.75) is 38.8 Å². The Hall–Kier alpha value is -1.62. The number of rotatable bonds is 6. The van der Waals surface area contributed by atoms with E-state index in [0.717, 1.165) is 25.1 Å². The van der Waals surface area contributed by atoms with Gasteiger partial charge in [0.25, 0.3) is 5.69 Å². The van der Waals surface area contributed by atoms with E-state index >= 15 is 0 Å². The minimum Gasteiger partial charge on any atom is -0.393 e. The van der Waals surface area contributed by atoms with Crippen LogP contribution in [0.15, 0.2) is 18.2 Å². The molecule has 1 aromatic rings. The first-order chi connectivity index (χ1) is 8.61. The molecule has 0 aliphatic heterocycles. The van der Waals surface area contributed by atoms with Crippen LogP contribution < -0.4 is 5.73 Å². The molecule has 0 heterocycles. The van der Waals surface area contributed by atoms with Crippen molar-refractivity contribution in [3.05, 3.63) is 33.9 Å². The summed E-state index contributed by atoms with van der Waals surface area (Å²) in [6.07, 6.45) is 3.60. The Kier molecular flexibility index (Phi) is 3.81. The lowest BCUT2D eigenvalue weighted by Crippen LogP contribution is -2.26. The quantitative estimate of drug-likeness (QED) is 0.477. The summed E-state index contributed by atoms with van der Waals surface area (Å²) in [6.45, 7) is 3.98. The first-order valence-electron chi connectivity index (χ1n) is 6.38. The fraction of sp³-hybridized carbons (Fsp3) is 0.538. The number of nitrogens with two attached hydrogens (primary N) is 1. The Balaban J connectivity index is 2.12. The van der Waals surface area contributed by atoms with Crippen molar-refractivity contribution in [2.75, 3.05) is 12.3 Å². The van der Waals surface area contributed by atoms with E-state index in [1.165, 1.54) is 12.8 Å². The average molecular weight is 249 g/mol. The summed E-state index contributed by atoms with van der Waals surface area (Å²) in [4.78, 5) is 12.8. The van der Waals surface area contributed by atoms with E-state index in [2.05, 4.69) is 11.8 Å². The average Bonchev–Trinajstić information content (AvgIpc) is 3.14. The molecule has 1 aromatic carbocycles. The first kappa shape index (κ1) is 12.8. The molecule has 0 atom stereocenters. The zero-order valence-corrected chi connectivity index (χ0v) is 10.6. The summed E-state index contributed by atoms with van der Waals surface area (Å²) in [5.74, 6) is 0. The van der Waals surface area contributed by atoms with Gasteiger partial charge in [-0.3, -0.25) is 15.0 Å². The molecule has 0 spiro atoms. The lowest BCUT2D eigenvalue weighted by molar-refractivity contribution is -0.384. The second-order valence-corrected chi connectivity index (χ2v) is 4.85. The van der Waals surface area contributed by atoms with Crippen LogP contribution in [0.25, 0.3) is 0 Å². The molecule has 1 fully saturated rings. The van der Waals surface area contributed by atoms with Crippen molar-refractivity contribution in [3.8, 4) is 0 Å². The van der Waals surface area contributed by atoms with E-state index in [-0.39, 0.29) is 11.4 Å². The molecule has 0 amide bonds. The highest BCUT2D eigenvalue weighted by molar-refractivity contribution is 5.59. The summed E-state index contributed by atoms with van der Waals surface area (Å²) in [5.41, 5.74) is 6.81. The normalized spacial score (nSPS) is 15.0. The van der Waals surface area contributed by atoms with Crippen molar-refractivity contribution >= 4 is 11.4 Å². The summed E-state index contributed by atoms with van der Waals surface area (Å²) in [6, 6.07) is 5.78. The Bertz CT molecular complexity index is 444. The number of nitrogens with zero attached hydrogens (tertiary/aromatic N) is 2. The van der Waals surface area contributed by atoms with Crippen LogP contribution in [0.2, 0.25) is 0 Å². The molecule has 5 nitrogen and oxygen atoms in total. The van der Waals surface area contributed by atoms with Gasteiger partial charge in [-0.2, -0.15) is 0 Å². The molecule has 0 unspecified atom stereocenters. The molecule has 1 aliphatic rings. The third-order valence-electron chi connectivity index (χ3n) is 3.25.